The standard InChI is InChI=1S/C13H9ClFN3O2/c1-16-13(19)20-10-4-7(15)3-8-9-2-6(14)5-17-12(9)18-11(8)10/h2-5H,1H3,(H,16,19)(H,17,18). The summed E-state index contributed by atoms with van der Waals surface area (Å²) in [4.78, 5) is 18.4. The second kappa shape index (κ2) is 4.64. The Bertz CT molecular complexity index is 831. The van der Waals surface area contributed by atoms with Crippen molar-refractivity contribution in [1.82, 2.24) is 15.3 Å². The molecular formula is C13H9ClFN3O2. The largest absolute Gasteiger partial charge is 0.412 e. The molecule has 2 heterocycles. The van der Waals surface area contributed by atoms with E-state index in [0.717, 1.165) is 6.07 Å². The highest BCUT2D eigenvalue weighted by Gasteiger charge is 2.14. The van der Waals surface area contributed by atoms with Gasteiger partial charge in [0.15, 0.2) is 5.75 Å². The lowest BCUT2D eigenvalue weighted by molar-refractivity contribution is 0.203. The van der Waals surface area contributed by atoms with Gasteiger partial charge in [0.1, 0.15) is 11.5 Å². The van der Waals surface area contributed by atoms with Crippen LogP contribution in [0.4, 0.5) is 9.18 Å². The Morgan fingerprint density at radius 2 is 2.20 bits per heavy atom. The van der Waals surface area contributed by atoms with Gasteiger partial charge >= 0.3 is 6.09 Å². The third-order valence-corrected chi connectivity index (χ3v) is 3.07. The molecule has 2 aromatic heterocycles. The normalized spacial score (nSPS) is 10.9. The number of benzene rings is 1. The Morgan fingerprint density at radius 1 is 1.40 bits per heavy atom. The molecule has 0 fully saturated rings. The van der Waals surface area contributed by atoms with E-state index in [4.69, 9.17) is 16.3 Å². The maximum atomic E-state index is 13.7. The van der Waals surface area contributed by atoms with Crippen LogP contribution in [0.3, 0.4) is 0 Å². The number of pyridine rings is 1. The zero-order chi connectivity index (χ0) is 14.3. The van der Waals surface area contributed by atoms with Crippen molar-refractivity contribution >= 4 is 39.6 Å². The lowest BCUT2D eigenvalue weighted by Gasteiger charge is -2.04. The van der Waals surface area contributed by atoms with E-state index in [9.17, 15) is 9.18 Å². The maximum Gasteiger partial charge on any atom is 0.412 e. The first-order valence-corrected chi connectivity index (χ1v) is 6.12. The van der Waals surface area contributed by atoms with E-state index in [1.807, 2.05) is 0 Å². The van der Waals surface area contributed by atoms with Gasteiger partial charge in [-0.25, -0.2) is 14.2 Å². The molecule has 2 N–H and O–H groups in total. The lowest BCUT2D eigenvalue weighted by Crippen LogP contribution is -2.22. The minimum atomic E-state index is -0.679. The van der Waals surface area contributed by atoms with Gasteiger partial charge in [0, 0.05) is 30.1 Å². The highest BCUT2D eigenvalue weighted by molar-refractivity contribution is 6.31. The molecule has 3 rings (SSSR count). The topological polar surface area (TPSA) is 67.0 Å². The SMILES string of the molecule is CNC(=O)Oc1cc(F)cc2c1[nH]c1ncc(Cl)cc12. The van der Waals surface area contributed by atoms with Gasteiger partial charge < -0.3 is 15.0 Å². The molecule has 0 aliphatic rings. The second-order valence-electron chi connectivity index (χ2n) is 4.14. The molecule has 1 amide bonds. The summed E-state index contributed by atoms with van der Waals surface area (Å²) in [6.45, 7) is 0. The van der Waals surface area contributed by atoms with Crippen molar-refractivity contribution < 1.29 is 13.9 Å². The molecule has 0 saturated carbocycles. The van der Waals surface area contributed by atoms with Crippen molar-refractivity contribution in [3.05, 3.63) is 35.2 Å². The van der Waals surface area contributed by atoms with Gasteiger partial charge in [-0.05, 0) is 12.1 Å². The van der Waals surface area contributed by atoms with E-state index in [1.54, 1.807) is 6.07 Å². The number of amides is 1. The molecule has 0 atom stereocenters. The number of ether oxygens (including phenoxy) is 1. The molecule has 20 heavy (non-hydrogen) atoms. The van der Waals surface area contributed by atoms with Gasteiger partial charge in [-0.15, -0.1) is 0 Å². The van der Waals surface area contributed by atoms with Crippen LogP contribution in [0, 0.1) is 5.82 Å². The van der Waals surface area contributed by atoms with Crippen molar-refractivity contribution in [1.29, 1.82) is 0 Å². The number of hydrogen-bond donors (Lipinski definition) is 2. The number of aromatic amines is 1. The fraction of sp³-hybridized carbons (Fsp3) is 0.0769. The smallest absolute Gasteiger partial charge is 0.408 e. The molecule has 5 nitrogen and oxygen atoms in total. The van der Waals surface area contributed by atoms with Crippen LogP contribution in [-0.4, -0.2) is 23.1 Å². The Balaban J connectivity index is 2.30. The van der Waals surface area contributed by atoms with Crippen LogP contribution in [-0.2, 0) is 0 Å². The summed E-state index contributed by atoms with van der Waals surface area (Å²) in [6, 6.07) is 4.14. The van der Waals surface area contributed by atoms with Crippen LogP contribution < -0.4 is 10.1 Å². The number of carbonyl (C=O) groups excluding carboxylic acids is 1. The van der Waals surface area contributed by atoms with Gasteiger partial charge in [0.2, 0.25) is 0 Å². The van der Waals surface area contributed by atoms with E-state index in [1.165, 1.54) is 19.3 Å². The average Bonchev–Trinajstić information content (AvgIpc) is 2.77. The highest BCUT2D eigenvalue weighted by Crippen LogP contribution is 2.33. The second-order valence-corrected chi connectivity index (χ2v) is 4.58. The van der Waals surface area contributed by atoms with Gasteiger partial charge in [0.05, 0.1) is 10.5 Å². The minimum Gasteiger partial charge on any atom is -0.408 e. The minimum absolute atomic E-state index is 0.0912. The number of carbonyl (C=O) groups is 1. The number of fused-ring (bicyclic) bond motifs is 3. The molecule has 0 saturated heterocycles. The molecule has 0 aliphatic heterocycles. The third kappa shape index (κ3) is 2.04. The Morgan fingerprint density at radius 3 is 2.95 bits per heavy atom. The van der Waals surface area contributed by atoms with Crippen molar-refractivity contribution in [2.24, 2.45) is 0 Å². The van der Waals surface area contributed by atoms with Crippen molar-refractivity contribution in [3.8, 4) is 5.75 Å². The molecule has 0 unspecified atom stereocenters. The summed E-state index contributed by atoms with van der Waals surface area (Å²) >= 11 is 5.90. The first-order chi connectivity index (χ1) is 9.58. The fourth-order valence-corrected chi connectivity index (χ4v) is 2.18. The Hall–Kier alpha value is -2.34. The summed E-state index contributed by atoms with van der Waals surface area (Å²) in [5, 5.41) is 3.96. The number of rotatable bonds is 1. The third-order valence-electron chi connectivity index (χ3n) is 2.86. The first kappa shape index (κ1) is 12.7. The number of H-pyrrole nitrogens is 1. The predicted octanol–water partition coefficient (Wildman–Crippen LogP) is 3.23. The number of nitrogens with zero attached hydrogens (tertiary/aromatic N) is 1. The Labute approximate surface area is 117 Å². The van der Waals surface area contributed by atoms with E-state index in [2.05, 4.69) is 15.3 Å². The average molecular weight is 294 g/mol. The zero-order valence-electron chi connectivity index (χ0n) is 10.3. The monoisotopic (exact) mass is 293 g/mol. The van der Waals surface area contributed by atoms with E-state index < -0.39 is 11.9 Å². The molecule has 7 heteroatoms. The lowest BCUT2D eigenvalue weighted by atomic mass is 10.2. The molecular weight excluding hydrogens is 285 g/mol. The van der Waals surface area contributed by atoms with Crippen LogP contribution in [0.25, 0.3) is 21.9 Å². The summed E-state index contributed by atoms with van der Waals surface area (Å²) in [7, 11) is 1.42. The first-order valence-electron chi connectivity index (χ1n) is 5.74. The Kier molecular flexibility index (Phi) is 2.94. The highest BCUT2D eigenvalue weighted by atomic mass is 35.5. The number of hydrogen-bond acceptors (Lipinski definition) is 3. The molecule has 102 valence electrons. The van der Waals surface area contributed by atoms with Crippen LogP contribution in [0.15, 0.2) is 24.4 Å². The summed E-state index contributed by atoms with van der Waals surface area (Å²) < 4.78 is 18.7. The quantitative estimate of drug-likeness (QED) is 0.724. The van der Waals surface area contributed by atoms with Crippen LogP contribution in [0.2, 0.25) is 5.02 Å². The summed E-state index contributed by atoms with van der Waals surface area (Å²) in [5.74, 6) is -0.425. The summed E-state index contributed by atoms with van der Waals surface area (Å²) in [6.07, 6.45) is 0.802. The van der Waals surface area contributed by atoms with E-state index in [0.29, 0.717) is 27.0 Å². The van der Waals surface area contributed by atoms with Gasteiger partial charge in [-0.3, -0.25) is 0 Å². The van der Waals surface area contributed by atoms with Gasteiger partial charge in [0.25, 0.3) is 0 Å². The van der Waals surface area contributed by atoms with Crippen LogP contribution in [0.5, 0.6) is 5.75 Å². The van der Waals surface area contributed by atoms with Crippen molar-refractivity contribution in [2.45, 2.75) is 0 Å². The van der Waals surface area contributed by atoms with E-state index >= 15 is 0 Å². The molecule has 3 aromatic rings. The molecule has 0 spiro atoms. The maximum absolute atomic E-state index is 13.7. The van der Waals surface area contributed by atoms with Gasteiger partial charge in [-0.2, -0.15) is 0 Å². The molecule has 0 aliphatic carbocycles. The van der Waals surface area contributed by atoms with Crippen molar-refractivity contribution in [2.75, 3.05) is 7.05 Å². The van der Waals surface area contributed by atoms with Crippen molar-refractivity contribution in [3.63, 3.8) is 0 Å². The fourth-order valence-electron chi connectivity index (χ4n) is 2.02. The molecule has 0 radical (unpaired) electrons. The van der Waals surface area contributed by atoms with Crippen LogP contribution >= 0.6 is 11.6 Å². The number of aromatic nitrogens is 2. The zero-order valence-corrected chi connectivity index (χ0v) is 11.1. The predicted molar refractivity (Wildman–Crippen MR) is 73.7 cm³/mol. The van der Waals surface area contributed by atoms with Gasteiger partial charge in [-0.1, -0.05) is 11.6 Å². The molecule has 1 aromatic carbocycles. The van der Waals surface area contributed by atoms with E-state index in [-0.39, 0.29) is 5.75 Å². The molecule has 0 bridgehead atoms. The summed E-state index contributed by atoms with van der Waals surface area (Å²) in [5.41, 5.74) is 1.02. The number of halogens is 2. The van der Waals surface area contributed by atoms with Crippen LogP contribution in [0.1, 0.15) is 0 Å². The number of nitrogens with one attached hydrogen (secondary N) is 2.